The van der Waals surface area contributed by atoms with E-state index in [1.54, 1.807) is 30.3 Å². The lowest BCUT2D eigenvalue weighted by Crippen LogP contribution is -2.03. The number of benzene rings is 3. The average molecular weight is 377 g/mol. The van der Waals surface area contributed by atoms with Crippen LogP contribution in [0.5, 0.6) is 11.5 Å². The zero-order valence-electron chi connectivity index (χ0n) is 14.4. The number of nitrogens with zero attached hydrogens (tertiary/aromatic N) is 1. The van der Waals surface area contributed by atoms with Gasteiger partial charge in [0.1, 0.15) is 11.6 Å². The molecule has 1 aliphatic rings. The lowest BCUT2D eigenvalue weighted by atomic mass is 10.2. The van der Waals surface area contributed by atoms with Gasteiger partial charge >= 0.3 is 5.91 Å². The van der Waals surface area contributed by atoms with Crippen LogP contribution in [0.15, 0.2) is 83.5 Å². The summed E-state index contributed by atoms with van der Waals surface area (Å²) >= 11 is 0. The highest BCUT2D eigenvalue weighted by Crippen LogP contribution is 2.27. The molecule has 0 saturated heterocycles. The van der Waals surface area contributed by atoms with Gasteiger partial charge in [-0.3, -0.25) is 4.79 Å². The molecule has 28 heavy (non-hydrogen) atoms. The molecule has 1 aliphatic heterocycles. The molecule has 0 unspecified atom stereocenters. The third kappa shape index (κ3) is 3.66. The van der Waals surface area contributed by atoms with E-state index in [-0.39, 0.29) is 23.0 Å². The first-order valence-corrected chi connectivity index (χ1v) is 8.40. The summed E-state index contributed by atoms with van der Waals surface area (Å²) < 4.78 is 38.9. The Labute approximate surface area is 159 Å². The number of para-hydroxylation sites is 1. The highest BCUT2D eigenvalue weighted by atomic mass is 19.1. The van der Waals surface area contributed by atoms with E-state index in [0.29, 0.717) is 11.3 Å². The van der Waals surface area contributed by atoms with Gasteiger partial charge in [0.15, 0.2) is 17.3 Å². The van der Waals surface area contributed by atoms with Crippen LogP contribution in [0.25, 0.3) is 6.08 Å². The van der Waals surface area contributed by atoms with Crippen molar-refractivity contribution in [1.29, 1.82) is 0 Å². The van der Waals surface area contributed by atoms with Crippen LogP contribution in [0, 0.1) is 11.6 Å². The smallest absolute Gasteiger partial charge is 0.316 e. The number of carbonyl (C=O) groups is 1. The van der Waals surface area contributed by atoms with E-state index in [2.05, 4.69) is 4.99 Å². The van der Waals surface area contributed by atoms with E-state index in [1.165, 1.54) is 42.5 Å². The van der Waals surface area contributed by atoms with Gasteiger partial charge in [-0.25, -0.2) is 8.78 Å². The van der Waals surface area contributed by atoms with Gasteiger partial charge in [-0.05, 0) is 48.0 Å². The number of ether oxygens (including phenoxy) is 2. The van der Waals surface area contributed by atoms with E-state index in [1.807, 2.05) is 6.07 Å². The fourth-order valence-electron chi connectivity index (χ4n) is 2.61. The van der Waals surface area contributed by atoms with Crippen molar-refractivity contribution in [2.45, 2.75) is 0 Å². The maximum Gasteiger partial charge on any atom is 0.316 e. The van der Waals surface area contributed by atoms with Crippen molar-refractivity contribution in [3.63, 3.8) is 0 Å². The average Bonchev–Trinajstić information content (AvgIpc) is 3.06. The summed E-state index contributed by atoms with van der Waals surface area (Å²) in [6, 6.07) is 18.7. The first-order valence-electron chi connectivity index (χ1n) is 8.40. The molecule has 1 heterocycles. The summed E-state index contributed by atoms with van der Waals surface area (Å²) in [6.45, 7) is 0. The molecular formula is C22H13F2NO3. The first kappa shape index (κ1) is 17.6. The number of hydrogen-bond donors (Lipinski definition) is 0. The predicted molar refractivity (Wildman–Crippen MR) is 99.9 cm³/mol. The summed E-state index contributed by atoms with van der Waals surface area (Å²) in [5.74, 6) is -1.46. The van der Waals surface area contributed by atoms with E-state index in [0.717, 1.165) is 0 Å². The Morgan fingerprint density at radius 1 is 0.893 bits per heavy atom. The SMILES string of the molecule is O=C1N=C(c2ccccc2F)OC1=Cc1ccc(F)c(Oc2ccccc2)c1. The van der Waals surface area contributed by atoms with Crippen molar-refractivity contribution >= 4 is 17.9 Å². The molecule has 0 spiro atoms. The number of carbonyl (C=O) groups excluding carboxylic acids is 1. The van der Waals surface area contributed by atoms with Crippen LogP contribution < -0.4 is 4.74 Å². The van der Waals surface area contributed by atoms with E-state index in [9.17, 15) is 13.6 Å². The number of hydrogen-bond acceptors (Lipinski definition) is 3. The van der Waals surface area contributed by atoms with Gasteiger partial charge in [0, 0.05) is 0 Å². The number of amides is 1. The molecule has 4 nitrogen and oxygen atoms in total. The maximum atomic E-state index is 14.1. The number of halogens is 2. The monoisotopic (exact) mass is 377 g/mol. The van der Waals surface area contributed by atoms with Gasteiger partial charge in [-0.15, -0.1) is 0 Å². The Morgan fingerprint density at radius 3 is 2.43 bits per heavy atom. The van der Waals surface area contributed by atoms with Crippen LogP contribution in [0.3, 0.4) is 0 Å². The van der Waals surface area contributed by atoms with Crippen LogP contribution in [0.2, 0.25) is 0 Å². The molecule has 1 amide bonds. The van der Waals surface area contributed by atoms with Gasteiger partial charge in [-0.2, -0.15) is 4.99 Å². The molecule has 3 aromatic carbocycles. The van der Waals surface area contributed by atoms with Crippen molar-refractivity contribution in [3.8, 4) is 11.5 Å². The molecule has 0 aliphatic carbocycles. The molecule has 0 aromatic heterocycles. The molecule has 0 saturated carbocycles. The van der Waals surface area contributed by atoms with Crippen LogP contribution in [0.1, 0.15) is 11.1 Å². The summed E-state index contributed by atoms with van der Waals surface area (Å²) in [6.07, 6.45) is 1.40. The summed E-state index contributed by atoms with van der Waals surface area (Å²) in [4.78, 5) is 15.9. The lowest BCUT2D eigenvalue weighted by Gasteiger charge is -2.08. The number of aliphatic imine (C=N–C) groups is 1. The minimum Gasteiger partial charge on any atom is -0.454 e. The molecule has 3 aromatic rings. The van der Waals surface area contributed by atoms with E-state index in [4.69, 9.17) is 9.47 Å². The predicted octanol–water partition coefficient (Wildman–Crippen LogP) is 5.10. The Balaban J connectivity index is 1.59. The fourth-order valence-corrected chi connectivity index (χ4v) is 2.61. The lowest BCUT2D eigenvalue weighted by molar-refractivity contribution is -0.115. The van der Waals surface area contributed by atoms with Crippen molar-refractivity contribution in [2.75, 3.05) is 0 Å². The number of rotatable bonds is 4. The second kappa shape index (κ2) is 7.44. The standard InChI is InChI=1S/C22H13F2NO3/c23-17-9-5-4-8-16(17)22-25-21(26)20(28-22)13-14-10-11-18(24)19(12-14)27-15-6-2-1-3-7-15/h1-13H. The van der Waals surface area contributed by atoms with E-state index < -0.39 is 17.5 Å². The molecule has 6 heteroatoms. The zero-order valence-corrected chi connectivity index (χ0v) is 14.4. The Hall–Kier alpha value is -3.80. The van der Waals surface area contributed by atoms with Crippen molar-refractivity contribution in [3.05, 3.63) is 101 Å². The third-order valence-electron chi connectivity index (χ3n) is 3.95. The van der Waals surface area contributed by atoms with Crippen molar-refractivity contribution in [2.24, 2.45) is 4.99 Å². The largest absolute Gasteiger partial charge is 0.454 e. The second-order valence-corrected chi connectivity index (χ2v) is 5.92. The van der Waals surface area contributed by atoms with Crippen molar-refractivity contribution < 1.29 is 23.0 Å². The summed E-state index contributed by atoms with van der Waals surface area (Å²) in [5, 5.41) is 0. The molecular weight excluding hydrogens is 364 g/mol. The minimum atomic E-state index is -0.645. The highest BCUT2D eigenvalue weighted by molar-refractivity contribution is 6.14. The first-order chi connectivity index (χ1) is 13.6. The van der Waals surface area contributed by atoms with Gasteiger partial charge in [-0.1, -0.05) is 36.4 Å². The third-order valence-corrected chi connectivity index (χ3v) is 3.95. The minimum absolute atomic E-state index is 0.00115. The van der Waals surface area contributed by atoms with Gasteiger partial charge < -0.3 is 9.47 Å². The fraction of sp³-hybridized carbons (Fsp3) is 0. The Morgan fingerprint density at radius 2 is 1.64 bits per heavy atom. The summed E-state index contributed by atoms with van der Waals surface area (Å²) in [5.41, 5.74) is 0.562. The Kier molecular flexibility index (Phi) is 4.68. The van der Waals surface area contributed by atoms with Crippen LogP contribution in [-0.4, -0.2) is 11.8 Å². The van der Waals surface area contributed by atoms with Crippen molar-refractivity contribution in [1.82, 2.24) is 0 Å². The van der Waals surface area contributed by atoms with Gasteiger partial charge in [0.2, 0.25) is 5.90 Å². The Bertz CT molecular complexity index is 1110. The quantitative estimate of drug-likeness (QED) is 0.594. The molecule has 138 valence electrons. The summed E-state index contributed by atoms with van der Waals surface area (Å²) in [7, 11) is 0. The van der Waals surface area contributed by atoms with E-state index >= 15 is 0 Å². The molecule has 0 atom stereocenters. The zero-order chi connectivity index (χ0) is 19.5. The van der Waals surface area contributed by atoms with Gasteiger partial charge in [0.05, 0.1) is 5.56 Å². The maximum absolute atomic E-state index is 14.1. The van der Waals surface area contributed by atoms with Crippen LogP contribution in [-0.2, 0) is 9.53 Å². The topological polar surface area (TPSA) is 47.9 Å². The van der Waals surface area contributed by atoms with Crippen LogP contribution in [0.4, 0.5) is 8.78 Å². The molecule has 0 radical (unpaired) electrons. The molecule has 4 rings (SSSR count). The van der Waals surface area contributed by atoms with Crippen LogP contribution >= 0.6 is 0 Å². The molecule has 0 N–H and O–H groups in total. The van der Waals surface area contributed by atoms with Gasteiger partial charge in [0.25, 0.3) is 0 Å². The molecule has 0 fully saturated rings. The highest BCUT2D eigenvalue weighted by Gasteiger charge is 2.25. The molecule has 0 bridgehead atoms. The normalized spacial score (nSPS) is 14.7. The second-order valence-electron chi connectivity index (χ2n) is 5.92.